The van der Waals surface area contributed by atoms with Crippen LogP contribution in [0.15, 0.2) is 18.5 Å². The molecule has 0 unspecified atom stereocenters. The van der Waals surface area contributed by atoms with Crippen molar-refractivity contribution >= 4 is 5.91 Å². The maximum atomic E-state index is 10.6. The van der Waals surface area contributed by atoms with Crippen LogP contribution in [0.5, 0.6) is 5.75 Å². The second kappa shape index (κ2) is 4.45. The first kappa shape index (κ1) is 9.51. The number of carbonyl (C=O) groups excluding carboxylic acids is 1. The Morgan fingerprint density at radius 1 is 1.69 bits per heavy atom. The second-order valence-corrected chi connectivity index (χ2v) is 2.60. The van der Waals surface area contributed by atoms with E-state index in [1.54, 1.807) is 25.6 Å². The Morgan fingerprint density at radius 3 is 3.08 bits per heavy atom. The summed E-state index contributed by atoms with van der Waals surface area (Å²) in [5.74, 6) is 0.676. The van der Waals surface area contributed by atoms with Crippen molar-refractivity contribution in [3.05, 3.63) is 24.0 Å². The van der Waals surface area contributed by atoms with Gasteiger partial charge in [-0.05, 0) is 6.07 Å². The van der Waals surface area contributed by atoms with Crippen LogP contribution in [0.2, 0.25) is 0 Å². The lowest BCUT2D eigenvalue weighted by Gasteiger charge is -2.06. The fraction of sp³-hybridized carbons (Fsp3) is 0.333. The van der Waals surface area contributed by atoms with Gasteiger partial charge in [0, 0.05) is 31.4 Å². The zero-order valence-corrected chi connectivity index (χ0v) is 7.70. The molecule has 0 radical (unpaired) electrons. The van der Waals surface area contributed by atoms with Crippen LogP contribution in [0.25, 0.3) is 0 Å². The van der Waals surface area contributed by atoms with E-state index in [2.05, 4.69) is 10.3 Å². The number of nitrogens with one attached hydrogen (secondary N) is 1. The summed E-state index contributed by atoms with van der Waals surface area (Å²) in [6.07, 6.45) is 3.32. The van der Waals surface area contributed by atoms with E-state index in [-0.39, 0.29) is 5.91 Å². The van der Waals surface area contributed by atoms with Gasteiger partial charge in [-0.1, -0.05) is 0 Å². The minimum atomic E-state index is -0.0640. The molecule has 13 heavy (non-hydrogen) atoms. The van der Waals surface area contributed by atoms with Crippen LogP contribution in [0.1, 0.15) is 12.5 Å². The summed E-state index contributed by atoms with van der Waals surface area (Å²) in [6.45, 7) is 1.93. The van der Waals surface area contributed by atoms with Gasteiger partial charge in [0.15, 0.2) is 0 Å². The zero-order valence-electron chi connectivity index (χ0n) is 7.70. The van der Waals surface area contributed by atoms with Gasteiger partial charge in [0.1, 0.15) is 5.75 Å². The fourth-order valence-electron chi connectivity index (χ4n) is 0.966. The van der Waals surface area contributed by atoms with Crippen LogP contribution in [0.4, 0.5) is 0 Å². The van der Waals surface area contributed by atoms with Gasteiger partial charge in [0.05, 0.1) is 7.11 Å². The summed E-state index contributed by atoms with van der Waals surface area (Å²) in [6, 6.07) is 1.76. The third kappa shape index (κ3) is 2.74. The molecule has 0 fully saturated rings. The Hall–Kier alpha value is -1.58. The first-order chi connectivity index (χ1) is 6.24. The lowest BCUT2D eigenvalue weighted by Crippen LogP contribution is -2.19. The van der Waals surface area contributed by atoms with Gasteiger partial charge < -0.3 is 10.1 Å². The zero-order chi connectivity index (χ0) is 9.68. The molecular weight excluding hydrogens is 168 g/mol. The molecule has 0 aliphatic carbocycles. The highest BCUT2D eigenvalue weighted by molar-refractivity contribution is 5.72. The lowest BCUT2D eigenvalue weighted by molar-refractivity contribution is -0.119. The highest BCUT2D eigenvalue weighted by Crippen LogP contribution is 2.14. The van der Waals surface area contributed by atoms with Gasteiger partial charge in [-0.25, -0.2) is 0 Å². The van der Waals surface area contributed by atoms with Gasteiger partial charge >= 0.3 is 0 Å². The number of hydrogen-bond donors (Lipinski definition) is 1. The summed E-state index contributed by atoms with van der Waals surface area (Å²) in [5, 5.41) is 2.68. The molecule has 1 rings (SSSR count). The summed E-state index contributed by atoms with van der Waals surface area (Å²) in [7, 11) is 1.59. The molecule has 70 valence electrons. The number of ether oxygens (including phenoxy) is 1. The summed E-state index contributed by atoms with van der Waals surface area (Å²) >= 11 is 0. The van der Waals surface area contributed by atoms with E-state index in [9.17, 15) is 4.79 Å². The minimum Gasteiger partial charge on any atom is -0.496 e. The minimum absolute atomic E-state index is 0.0640. The van der Waals surface area contributed by atoms with Crippen molar-refractivity contribution in [2.75, 3.05) is 7.11 Å². The molecule has 0 aliphatic heterocycles. The molecule has 0 bridgehead atoms. The molecule has 0 saturated heterocycles. The van der Waals surface area contributed by atoms with Crippen molar-refractivity contribution < 1.29 is 9.53 Å². The number of nitrogens with zero attached hydrogens (tertiary/aromatic N) is 1. The standard InChI is InChI=1S/C9H12N2O2/c1-7(12)11-6-8-5-10-4-3-9(8)13-2/h3-5H,6H2,1-2H3,(H,11,12). The Balaban J connectivity index is 2.69. The van der Waals surface area contributed by atoms with E-state index in [4.69, 9.17) is 4.74 Å². The van der Waals surface area contributed by atoms with E-state index in [1.807, 2.05) is 0 Å². The van der Waals surface area contributed by atoms with Crippen LogP contribution >= 0.6 is 0 Å². The van der Waals surface area contributed by atoms with Crippen molar-refractivity contribution in [3.63, 3.8) is 0 Å². The topological polar surface area (TPSA) is 51.2 Å². The quantitative estimate of drug-likeness (QED) is 0.745. The first-order valence-electron chi connectivity index (χ1n) is 3.95. The number of carbonyl (C=O) groups is 1. The summed E-state index contributed by atoms with van der Waals surface area (Å²) in [5.41, 5.74) is 0.875. The Morgan fingerprint density at radius 2 is 2.46 bits per heavy atom. The average molecular weight is 180 g/mol. The molecule has 0 atom stereocenters. The number of pyridine rings is 1. The number of methoxy groups -OCH3 is 1. The van der Waals surface area contributed by atoms with Gasteiger partial charge in [0.25, 0.3) is 0 Å². The van der Waals surface area contributed by atoms with E-state index in [0.29, 0.717) is 6.54 Å². The molecular formula is C9H12N2O2. The van der Waals surface area contributed by atoms with Crippen molar-refractivity contribution in [3.8, 4) is 5.75 Å². The normalized spacial score (nSPS) is 9.38. The molecule has 0 aliphatic rings. The predicted octanol–water partition coefficient (Wildman–Crippen LogP) is 0.726. The predicted molar refractivity (Wildman–Crippen MR) is 48.3 cm³/mol. The molecule has 1 heterocycles. The van der Waals surface area contributed by atoms with Gasteiger partial charge in [-0.15, -0.1) is 0 Å². The summed E-state index contributed by atoms with van der Waals surface area (Å²) in [4.78, 5) is 14.6. The van der Waals surface area contributed by atoms with Crippen LogP contribution in [-0.2, 0) is 11.3 Å². The van der Waals surface area contributed by atoms with E-state index in [1.165, 1.54) is 6.92 Å². The van der Waals surface area contributed by atoms with E-state index < -0.39 is 0 Å². The molecule has 1 N–H and O–H groups in total. The van der Waals surface area contributed by atoms with Gasteiger partial charge in [-0.2, -0.15) is 0 Å². The summed E-state index contributed by atoms with van der Waals surface area (Å²) < 4.78 is 5.09. The van der Waals surface area contributed by atoms with Crippen molar-refractivity contribution in [2.45, 2.75) is 13.5 Å². The van der Waals surface area contributed by atoms with Crippen molar-refractivity contribution in [1.82, 2.24) is 10.3 Å². The fourth-order valence-corrected chi connectivity index (χ4v) is 0.966. The maximum absolute atomic E-state index is 10.6. The van der Waals surface area contributed by atoms with Crippen molar-refractivity contribution in [1.29, 1.82) is 0 Å². The average Bonchev–Trinajstić information content (AvgIpc) is 2.15. The third-order valence-electron chi connectivity index (χ3n) is 1.61. The number of rotatable bonds is 3. The van der Waals surface area contributed by atoms with Crippen LogP contribution in [-0.4, -0.2) is 18.0 Å². The Bertz CT molecular complexity index is 299. The maximum Gasteiger partial charge on any atom is 0.217 e. The van der Waals surface area contributed by atoms with Gasteiger partial charge in [-0.3, -0.25) is 9.78 Å². The molecule has 4 nitrogen and oxygen atoms in total. The first-order valence-corrected chi connectivity index (χ1v) is 3.95. The second-order valence-electron chi connectivity index (χ2n) is 2.60. The Kier molecular flexibility index (Phi) is 3.25. The highest BCUT2D eigenvalue weighted by Gasteiger charge is 2.01. The molecule has 1 aromatic rings. The van der Waals surface area contributed by atoms with Crippen LogP contribution in [0, 0.1) is 0 Å². The number of hydrogen-bond acceptors (Lipinski definition) is 3. The largest absolute Gasteiger partial charge is 0.496 e. The molecule has 1 amide bonds. The van der Waals surface area contributed by atoms with E-state index >= 15 is 0 Å². The van der Waals surface area contributed by atoms with Crippen LogP contribution < -0.4 is 10.1 Å². The SMILES string of the molecule is COc1ccncc1CNC(C)=O. The monoisotopic (exact) mass is 180 g/mol. The highest BCUT2D eigenvalue weighted by atomic mass is 16.5. The molecule has 1 aromatic heterocycles. The number of amides is 1. The van der Waals surface area contributed by atoms with Crippen LogP contribution in [0.3, 0.4) is 0 Å². The third-order valence-corrected chi connectivity index (χ3v) is 1.61. The molecule has 0 aromatic carbocycles. The molecule has 0 spiro atoms. The number of aromatic nitrogens is 1. The van der Waals surface area contributed by atoms with Crippen molar-refractivity contribution in [2.24, 2.45) is 0 Å². The lowest BCUT2D eigenvalue weighted by atomic mass is 10.2. The smallest absolute Gasteiger partial charge is 0.217 e. The van der Waals surface area contributed by atoms with E-state index in [0.717, 1.165) is 11.3 Å². The van der Waals surface area contributed by atoms with Gasteiger partial charge in [0.2, 0.25) is 5.91 Å². The Labute approximate surface area is 76.9 Å². The molecule has 4 heteroatoms. The molecule has 0 saturated carbocycles.